The van der Waals surface area contributed by atoms with Crippen LogP contribution in [0, 0.1) is 5.82 Å². The van der Waals surface area contributed by atoms with E-state index in [4.69, 9.17) is 16.3 Å². The molecule has 0 heterocycles. The number of ether oxygens (including phenoxy) is 1. The van der Waals surface area contributed by atoms with Crippen LogP contribution in [0.2, 0.25) is 5.02 Å². The Balaban J connectivity index is 1.77. The van der Waals surface area contributed by atoms with E-state index in [0.717, 1.165) is 12.8 Å². The first-order valence-electron chi connectivity index (χ1n) is 5.65. The molecule has 1 aliphatic rings. The maximum atomic E-state index is 13.4. The van der Waals surface area contributed by atoms with E-state index < -0.39 is 11.9 Å². The zero-order chi connectivity index (χ0) is 12.3. The standard InChI is InChI=1S/C12H15ClFNO2/c13-10-2-1-3-11(12(10)14)17-7-9(16)6-15-8-4-5-8/h1-3,8-9,15-16H,4-7H2. The summed E-state index contributed by atoms with van der Waals surface area (Å²) in [4.78, 5) is 0. The molecule has 0 spiro atoms. The molecule has 2 rings (SSSR count). The minimum absolute atomic E-state index is 0.0214. The Morgan fingerprint density at radius 2 is 2.29 bits per heavy atom. The second kappa shape index (κ2) is 5.67. The molecule has 1 atom stereocenters. The molecule has 0 saturated heterocycles. The van der Waals surface area contributed by atoms with Gasteiger partial charge in [0.15, 0.2) is 11.6 Å². The van der Waals surface area contributed by atoms with Crippen LogP contribution in [0.1, 0.15) is 12.8 Å². The summed E-state index contributed by atoms with van der Waals surface area (Å²) in [5.41, 5.74) is 0. The maximum Gasteiger partial charge on any atom is 0.183 e. The summed E-state index contributed by atoms with van der Waals surface area (Å²) < 4.78 is 18.6. The van der Waals surface area contributed by atoms with Crippen LogP contribution in [0.15, 0.2) is 18.2 Å². The summed E-state index contributed by atoms with van der Waals surface area (Å²) in [7, 11) is 0. The van der Waals surface area contributed by atoms with E-state index in [-0.39, 0.29) is 17.4 Å². The fourth-order valence-electron chi connectivity index (χ4n) is 1.43. The molecular formula is C12H15ClFNO2. The highest BCUT2D eigenvalue weighted by Gasteiger charge is 2.21. The minimum atomic E-state index is -0.644. The third kappa shape index (κ3) is 3.84. The summed E-state index contributed by atoms with van der Waals surface area (Å²) >= 11 is 5.61. The van der Waals surface area contributed by atoms with Gasteiger partial charge in [-0.3, -0.25) is 0 Å². The number of aliphatic hydroxyl groups excluding tert-OH is 1. The van der Waals surface area contributed by atoms with Gasteiger partial charge in [-0.2, -0.15) is 0 Å². The van der Waals surface area contributed by atoms with Crippen molar-refractivity contribution in [1.82, 2.24) is 5.32 Å². The molecule has 1 unspecified atom stereocenters. The number of hydrogen-bond acceptors (Lipinski definition) is 3. The molecule has 0 aromatic heterocycles. The summed E-state index contributed by atoms with van der Waals surface area (Å²) in [6.07, 6.45) is 1.68. The number of halogens is 2. The van der Waals surface area contributed by atoms with Crippen LogP contribution in [0.3, 0.4) is 0 Å². The van der Waals surface area contributed by atoms with Crippen molar-refractivity contribution < 1.29 is 14.2 Å². The van der Waals surface area contributed by atoms with Gasteiger partial charge >= 0.3 is 0 Å². The Morgan fingerprint density at radius 3 is 3.00 bits per heavy atom. The normalized spacial score (nSPS) is 16.9. The minimum Gasteiger partial charge on any atom is -0.488 e. The molecule has 1 aliphatic carbocycles. The van der Waals surface area contributed by atoms with Gasteiger partial charge in [0.2, 0.25) is 0 Å². The van der Waals surface area contributed by atoms with Gasteiger partial charge in [-0.05, 0) is 25.0 Å². The van der Waals surface area contributed by atoms with Crippen molar-refractivity contribution >= 4 is 11.6 Å². The predicted molar refractivity (Wildman–Crippen MR) is 63.9 cm³/mol. The van der Waals surface area contributed by atoms with E-state index in [9.17, 15) is 9.50 Å². The molecule has 1 aromatic carbocycles. The number of benzene rings is 1. The van der Waals surface area contributed by atoms with Crippen molar-refractivity contribution in [3.05, 3.63) is 29.0 Å². The average Bonchev–Trinajstić information content (AvgIpc) is 3.12. The van der Waals surface area contributed by atoms with Gasteiger partial charge in [-0.1, -0.05) is 17.7 Å². The topological polar surface area (TPSA) is 41.5 Å². The molecule has 5 heteroatoms. The monoisotopic (exact) mass is 259 g/mol. The largest absolute Gasteiger partial charge is 0.488 e. The fraction of sp³-hybridized carbons (Fsp3) is 0.500. The van der Waals surface area contributed by atoms with Crippen LogP contribution in [0.5, 0.6) is 5.75 Å². The Labute approximate surface area is 105 Å². The van der Waals surface area contributed by atoms with E-state index in [0.29, 0.717) is 12.6 Å². The van der Waals surface area contributed by atoms with Crippen LogP contribution >= 0.6 is 11.6 Å². The molecule has 2 N–H and O–H groups in total. The number of aliphatic hydroxyl groups is 1. The molecule has 1 saturated carbocycles. The Morgan fingerprint density at radius 1 is 1.53 bits per heavy atom. The van der Waals surface area contributed by atoms with Gasteiger partial charge < -0.3 is 15.2 Å². The molecule has 0 aliphatic heterocycles. The van der Waals surface area contributed by atoms with Crippen LogP contribution in [0.25, 0.3) is 0 Å². The predicted octanol–water partition coefficient (Wildman–Crippen LogP) is 1.97. The lowest BCUT2D eigenvalue weighted by Crippen LogP contribution is -2.32. The van der Waals surface area contributed by atoms with Crippen LogP contribution < -0.4 is 10.1 Å². The first-order chi connectivity index (χ1) is 8.16. The second-order valence-electron chi connectivity index (χ2n) is 4.20. The second-order valence-corrected chi connectivity index (χ2v) is 4.61. The zero-order valence-corrected chi connectivity index (χ0v) is 10.1. The number of rotatable bonds is 6. The van der Waals surface area contributed by atoms with E-state index in [2.05, 4.69) is 5.32 Å². The first kappa shape index (κ1) is 12.6. The lowest BCUT2D eigenvalue weighted by atomic mass is 10.3. The average molecular weight is 260 g/mol. The third-order valence-corrected chi connectivity index (χ3v) is 2.86. The smallest absolute Gasteiger partial charge is 0.183 e. The third-order valence-electron chi connectivity index (χ3n) is 2.57. The van der Waals surface area contributed by atoms with Gasteiger partial charge in [0.05, 0.1) is 5.02 Å². The molecule has 94 valence electrons. The summed E-state index contributed by atoms with van der Waals surface area (Å²) in [6.45, 7) is 0.518. The van der Waals surface area contributed by atoms with Crippen LogP contribution in [0.4, 0.5) is 4.39 Å². The van der Waals surface area contributed by atoms with Gasteiger partial charge in [-0.15, -0.1) is 0 Å². The van der Waals surface area contributed by atoms with Crippen LogP contribution in [-0.4, -0.2) is 30.4 Å². The van der Waals surface area contributed by atoms with Crippen LogP contribution in [-0.2, 0) is 0 Å². The van der Waals surface area contributed by atoms with Crippen molar-refractivity contribution in [2.45, 2.75) is 25.0 Å². The fourth-order valence-corrected chi connectivity index (χ4v) is 1.60. The molecule has 0 bridgehead atoms. The van der Waals surface area contributed by atoms with Crippen molar-refractivity contribution in [3.63, 3.8) is 0 Å². The van der Waals surface area contributed by atoms with Crippen molar-refractivity contribution in [3.8, 4) is 5.75 Å². The molecule has 0 amide bonds. The molecule has 1 aromatic rings. The zero-order valence-electron chi connectivity index (χ0n) is 9.33. The first-order valence-corrected chi connectivity index (χ1v) is 6.03. The van der Waals surface area contributed by atoms with Crippen molar-refractivity contribution in [1.29, 1.82) is 0 Å². The van der Waals surface area contributed by atoms with Gasteiger partial charge in [0.1, 0.15) is 12.7 Å². The Hall–Kier alpha value is -0.840. The van der Waals surface area contributed by atoms with E-state index in [1.807, 2.05) is 0 Å². The van der Waals surface area contributed by atoms with E-state index in [1.165, 1.54) is 12.1 Å². The molecule has 17 heavy (non-hydrogen) atoms. The lowest BCUT2D eigenvalue weighted by Gasteiger charge is -2.13. The highest BCUT2D eigenvalue weighted by molar-refractivity contribution is 6.30. The summed E-state index contributed by atoms with van der Waals surface area (Å²) in [5.74, 6) is -0.514. The number of nitrogens with one attached hydrogen (secondary N) is 1. The van der Waals surface area contributed by atoms with E-state index in [1.54, 1.807) is 6.07 Å². The highest BCUT2D eigenvalue weighted by Crippen LogP contribution is 2.24. The summed E-state index contributed by atoms with van der Waals surface area (Å²) in [6, 6.07) is 5.08. The Bertz CT molecular complexity index is 385. The molecule has 0 radical (unpaired) electrons. The lowest BCUT2D eigenvalue weighted by molar-refractivity contribution is 0.104. The van der Waals surface area contributed by atoms with Gasteiger partial charge in [0, 0.05) is 12.6 Å². The molecule has 1 fully saturated rings. The van der Waals surface area contributed by atoms with Gasteiger partial charge in [0.25, 0.3) is 0 Å². The number of hydrogen-bond donors (Lipinski definition) is 2. The molecular weight excluding hydrogens is 245 g/mol. The highest BCUT2D eigenvalue weighted by atomic mass is 35.5. The SMILES string of the molecule is OC(CNC1CC1)COc1cccc(Cl)c1F. The van der Waals surface area contributed by atoms with Crippen molar-refractivity contribution in [2.75, 3.05) is 13.2 Å². The van der Waals surface area contributed by atoms with Gasteiger partial charge in [-0.25, -0.2) is 4.39 Å². The van der Waals surface area contributed by atoms with E-state index >= 15 is 0 Å². The quantitative estimate of drug-likeness (QED) is 0.821. The Kier molecular flexibility index (Phi) is 4.20. The summed E-state index contributed by atoms with van der Waals surface area (Å²) in [5, 5.41) is 12.8. The maximum absolute atomic E-state index is 13.4. The molecule has 3 nitrogen and oxygen atoms in total. The van der Waals surface area contributed by atoms with Crippen molar-refractivity contribution in [2.24, 2.45) is 0 Å².